The average molecular weight is 437 g/mol. The molecular formula is C17H22F3N3O7. The maximum Gasteiger partial charge on any atom is 0.471 e. The van der Waals surface area contributed by atoms with E-state index in [1.807, 2.05) is 4.98 Å². The molecule has 0 aliphatic carbocycles. The number of carbonyl (C=O) groups excluding carboxylic acids is 1. The van der Waals surface area contributed by atoms with Gasteiger partial charge >= 0.3 is 17.8 Å². The average Bonchev–Trinajstić information content (AvgIpc) is 2.93. The van der Waals surface area contributed by atoms with Gasteiger partial charge in [0.2, 0.25) is 0 Å². The van der Waals surface area contributed by atoms with E-state index in [1.165, 1.54) is 6.08 Å². The van der Waals surface area contributed by atoms with Crippen molar-refractivity contribution in [3.05, 3.63) is 44.2 Å². The van der Waals surface area contributed by atoms with Gasteiger partial charge in [0.05, 0.1) is 18.7 Å². The molecule has 2 heterocycles. The molecule has 4 atom stereocenters. The molecule has 0 spiro atoms. The van der Waals surface area contributed by atoms with Gasteiger partial charge in [0, 0.05) is 12.7 Å². The van der Waals surface area contributed by atoms with E-state index in [-0.39, 0.29) is 5.56 Å². The SMILES string of the molecule is CC(C)=CCN(Cc1cn([C@@H]2O[C@H](CO)[C@H](O)C2O)c(=O)[nH]c1=O)C(=O)C(F)(F)F. The number of carbonyl (C=O) groups is 1. The number of hydrogen-bond donors (Lipinski definition) is 4. The minimum atomic E-state index is -5.18. The molecule has 4 N–H and O–H groups in total. The molecular weight excluding hydrogens is 415 g/mol. The van der Waals surface area contributed by atoms with E-state index in [0.717, 1.165) is 6.20 Å². The van der Waals surface area contributed by atoms with Crippen molar-refractivity contribution in [3.63, 3.8) is 0 Å². The molecule has 0 aromatic carbocycles. The zero-order valence-corrected chi connectivity index (χ0v) is 16.1. The molecule has 2 rings (SSSR count). The first-order valence-corrected chi connectivity index (χ1v) is 8.83. The first kappa shape index (κ1) is 23.8. The molecule has 1 unspecified atom stereocenters. The Labute approximate surface area is 167 Å². The maximum absolute atomic E-state index is 12.9. The van der Waals surface area contributed by atoms with Crippen molar-refractivity contribution in [3.8, 4) is 0 Å². The van der Waals surface area contributed by atoms with E-state index in [9.17, 15) is 37.8 Å². The van der Waals surface area contributed by atoms with Gasteiger partial charge in [-0.2, -0.15) is 13.2 Å². The Kier molecular flexibility index (Phi) is 7.23. The number of allylic oxidation sites excluding steroid dienone is 1. The minimum Gasteiger partial charge on any atom is -0.394 e. The van der Waals surface area contributed by atoms with Gasteiger partial charge in [0.15, 0.2) is 6.23 Å². The molecule has 1 aromatic heterocycles. The second-order valence-electron chi connectivity index (χ2n) is 7.01. The number of H-pyrrole nitrogens is 1. The Morgan fingerprint density at radius 1 is 1.30 bits per heavy atom. The highest BCUT2D eigenvalue weighted by molar-refractivity contribution is 5.82. The summed E-state index contributed by atoms with van der Waals surface area (Å²) >= 11 is 0. The quantitative estimate of drug-likeness (QED) is 0.418. The van der Waals surface area contributed by atoms with Crippen LogP contribution in [0.5, 0.6) is 0 Å². The van der Waals surface area contributed by atoms with Crippen molar-refractivity contribution in [2.75, 3.05) is 13.2 Å². The normalized spacial score (nSPS) is 24.0. The maximum atomic E-state index is 12.9. The highest BCUT2D eigenvalue weighted by Gasteiger charge is 2.44. The van der Waals surface area contributed by atoms with Crippen LogP contribution in [0.1, 0.15) is 25.6 Å². The van der Waals surface area contributed by atoms with E-state index in [0.29, 0.717) is 15.0 Å². The number of hydrogen-bond acceptors (Lipinski definition) is 7. The second kappa shape index (κ2) is 9.12. The number of nitrogens with zero attached hydrogens (tertiary/aromatic N) is 2. The van der Waals surface area contributed by atoms with E-state index < -0.39 is 67.6 Å². The fourth-order valence-electron chi connectivity index (χ4n) is 2.84. The molecule has 1 amide bonds. The Morgan fingerprint density at radius 2 is 1.93 bits per heavy atom. The number of aromatic amines is 1. The van der Waals surface area contributed by atoms with Crippen molar-refractivity contribution < 1.29 is 38.0 Å². The number of aromatic nitrogens is 2. The van der Waals surface area contributed by atoms with Crippen LogP contribution in [-0.4, -0.2) is 73.3 Å². The lowest BCUT2D eigenvalue weighted by atomic mass is 10.1. The van der Waals surface area contributed by atoms with Crippen molar-refractivity contribution in [2.24, 2.45) is 0 Å². The largest absolute Gasteiger partial charge is 0.471 e. The van der Waals surface area contributed by atoms with Gasteiger partial charge in [-0.05, 0) is 13.8 Å². The van der Waals surface area contributed by atoms with Gasteiger partial charge in [-0.25, -0.2) is 4.79 Å². The highest BCUT2D eigenvalue weighted by Crippen LogP contribution is 2.28. The van der Waals surface area contributed by atoms with Gasteiger partial charge in [0.1, 0.15) is 18.3 Å². The smallest absolute Gasteiger partial charge is 0.394 e. The number of nitrogens with one attached hydrogen (secondary N) is 1. The Morgan fingerprint density at radius 3 is 2.43 bits per heavy atom. The number of aliphatic hydroxyl groups excluding tert-OH is 3. The minimum absolute atomic E-state index is 0.379. The zero-order chi connectivity index (χ0) is 22.8. The van der Waals surface area contributed by atoms with Gasteiger partial charge in [-0.3, -0.25) is 19.1 Å². The summed E-state index contributed by atoms with van der Waals surface area (Å²) in [6.45, 7) is 1.34. The highest BCUT2D eigenvalue weighted by atomic mass is 19.4. The number of alkyl halides is 3. The summed E-state index contributed by atoms with van der Waals surface area (Å²) in [6, 6.07) is 0. The van der Waals surface area contributed by atoms with Crippen LogP contribution in [-0.2, 0) is 16.1 Å². The summed E-state index contributed by atoms with van der Waals surface area (Å²) < 4.78 is 44.7. The number of rotatable bonds is 6. The van der Waals surface area contributed by atoms with Crippen LogP contribution in [0.15, 0.2) is 27.4 Å². The summed E-state index contributed by atoms with van der Waals surface area (Å²) in [5.74, 6) is -2.18. The van der Waals surface area contributed by atoms with Crippen molar-refractivity contribution in [1.29, 1.82) is 0 Å². The molecule has 1 fully saturated rings. The molecule has 10 nitrogen and oxygen atoms in total. The summed E-state index contributed by atoms with van der Waals surface area (Å²) in [7, 11) is 0. The number of halogens is 3. The predicted molar refractivity (Wildman–Crippen MR) is 95.2 cm³/mol. The van der Waals surface area contributed by atoms with Crippen LogP contribution in [0, 0.1) is 0 Å². The molecule has 0 bridgehead atoms. The van der Waals surface area contributed by atoms with Gasteiger partial charge in [-0.1, -0.05) is 11.6 Å². The van der Waals surface area contributed by atoms with Gasteiger partial charge in [-0.15, -0.1) is 0 Å². The van der Waals surface area contributed by atoms with Crippen LogP contribution < -0.4 is 11.2 Å². The van der Waals surface area contributed by atoms with Crippen LogP contribution in [0.25, 0.3) is 0 Å². The summed E-state index contributed by atoms with van der Waals surface area (Å²) in [5.41, 5.74) is -1.83. The second-order valence-corrected chi connectivity index (χ2v) is 7.01. The third kappa shape index (κ3) is 5.16. The predicted octanol–water partition coefficient (Wildman–Crippen LogP) is -0.995. The fraction of sp³-hybridized carbons (Fsp3) is 0.588. The molecule has 1 aromatic rings. The summed E-state index contributed by atoms with van der Waals surface area (Å²) in [4.78, 5) is 38.3. The molecule has 30 heavy (non-hydrogen) atoms. The van der Waals surface area contributed by atoms with Crippen molar-refractivity contribution in [2.45, 2.75) is 51.1 Å². The Hall–Kier alpha value is -2.48. The van der Waals surface area contributed by atoms with E-state index in [2.05, 4.69) is 0 Å². The van der Waals surface area contributed by atoms with Gasteiger partial charge in [0.25, 0.3) is 5.56 Å². The van der Waals surface area contributed by atoms with Crippen molar-refractivity contribution >= 4 is 5.91 Å². The fourth-order valence-corrected chi connectivity index (χ4v) is 2.84. The molecule has 1 saturated heterocycles. The van der Waals surface area contributed by atoms with Gasteiger partial charge < -0.3 is 25.0 Å². The molecule has 1 aliphatic rings. The molecule has 168 valence electrons. The first-order valence-electron chi connectivity index (χ1n) is 8.83. The topological polar surface area (TPSA) is 145 Å². The van der Waals surface area contributed by atoms with Crippen LogP contribution >= 0.6 is 0 Å². The number of aliphatic hydroxyl groups is 3. The third-order valence-electron chi connectivity index (χ3n) is 4.44. The zero-order valence-electron chi connectivity index (χ0n) is 16.1. The number of ether oxygens (including phenoxy) is 1. The summed E-state index contributed by atoms with van der Waals surface area (Å²) in [6.07, 6.45) is -8.89. The monoisotopic (exact) mass is 437 g/mol. The lowest BCUT2D eigenvalue weighted by molar-refractivity contribution is -0.185. The number of amides is 1. The van der Waals surface area contributed by atoms with Crippen LogP contribution in [0.2, 0.25) is 0 Å². The Balaban J connectivity index is 2.42. The summed E-state index contributed by atoms with van der Waals surface area (Å²) in [5, 5.41) is 29.0. The third-order valence-corrected chi connectivity index (χ3v) is 4.44. The molecule has 0 radical (unpaired) electrons. The van der Waals surface area contributed by atoms with E-state index >= 15 is 0 Å². The first-order chi connectivity index (χ1) is 13.9. The van der Waals surface area contributed by atoms with Crippen LogP contribution in [0.3, 0.4) is 0 Å². The van der Waals surface area contributed by atoms with E-state index in [1.54, 1.807) is 13.8 Å². The van der Waals surface area contributed by atoms with Crippen molar-refractivity contribution in [1.82, 2.24) is 14.5 Å². The lowest BCUT2D eigenvalue weighted by Crippen LogP contribution is -2.43. The Bertz CT molecular complexity index is 920. The molecule has 13 heteroatoms. The van der Waals surface area contributed by atoms with E-state index in [4.69, 9.17) is 9.84 Å². The molecule has 1 aliphatic heterocycles. The lowest BCUT2D eigenvalue weighted by Gasteiger charge is -2.23. The van der Waals surface area contributed by atoms with Crippen LogP contribution in [0.4, 0.5) is 13.2 Å². The standard InChI is InChI=1S/C17H22F3N3O7/c1-8(2)3-4-22(15(28)17(18,19)20)5-9-6-23(16(29)21-13(9)27)14-12(26)11(25)10(7-24)30-14/h3,6,10-12,14,24-26H,4-5,7H2,1-2H3,(H,21,27,29)/t10-,11+,12?,14-/m1/s1. The molecule has 0 saturated carbocycles.